The first kappa shape index (κ1) is 34.4. The molecule has 1 saturated carbocycles. The molecule has 3 nitrogen and oxygen atoms in total. The van der Waals surface area contributed by atoms with Gasteiger partial charge < -0.3 is 0 Å². The third-order valence-electron chi connectivity index (χ3n) is 9.65. The molecule has 0 N–H and O–H groups in total. The molecule has 0 spiro atoms. The summed E-state index contributed by atoms with van der Waals surface area (Å²) in [5, 5.41) is 0. The highest BCUT2D eigenvalue weighted by Gasteiger charge is 2.35. The Labute approximate surface area is 246 Å². The molecule has 3 unspecified atom stereocenters. The van der Waals surface area contributed by atoms with Gasteiger partial charge in [0.15, 0.2) is 5.78 Å². The first-order valence-corrected chi connectivity index (χ1v) is 16.6. The average Bonchev–Trinajstić information content (AvgIpc) is 3.30. The van der Waals surface area contributed by atoms with Crippen molar-refractivity contribution in [1.29, 1.82) is 0 Å². The number of carbonyl (C=O) groups excluding carboxylic acids is 3. The summed E-state index contributed by atoms with van der Waals surface area (Å²) >= 11 is 0. The highest BCUT2D eigenvalue weighted by Crippen LogP contribution is 2.43. The van der Waals surface area contributed by atoms with Crippen molar-refractivity contribution in [1.82, 2.24) is 0 Å². The largest absolute Gasteiger partial charge is 0.300 e. The minimum absolute atomic E-state index is 0.0453. The van der Waals surface area contributed by atoms with Gasteiger partial charge in [0.25, 0.3) is 0 Å². The van der Waals surface area contributed by atoms with Crippen LogP contribution in [0.15, 0.2) is 6.07 Å². The number of hydrogen-bond acceptors (Lipinski definition) is 3. The number of ketones is 3. The molecular weight excluding hydrogens is 492 g/mol. The van der Waals surface area contributed by atoms with E-state index in [-0.39, 0.29) is 35.7 Å². The van der Waals surface area contributed by atoms with Crippen LogP contribution in [-0.4, -0.2) is 17.3 Å². The van der Waals surface area contributed by atoms with Crippen LogP contribution in [0.3, 0.4) is 0 Å². The second kappa shape index (κ2) is 16.0. The molecule has 0 radical (unpaired) electrons. The van der Waals surface area contributed by atoms with E-state index in [0.29, 0.717) is 23.5 Å². The first-order chi connectivity index (χ1) is 18.9. The van der Waals surface area contributed by atoms with Crippen molar-refractivity contribution in [3.05, 3.63) is 33.9 Å². The van der Waals surface area contributed by atoms with Crippen molar-refractivity contribution in [3.63, 3.8) is 0 Å². The fourth-order valence-corrected chi connectivity index (χ4v) is 7.58. The molecule has 0 heterocycles. The summed E-state index contributed by atoms with van der Waals surface area (Å²) in [5.74, 6) is 1.18. The predicted molar refractivity (Wildman–Crippen MR) is 169 cm³/mol. The van der Waals surface area contributed by atoms with E-state index in [1.807, 2.05) is 0 Å². The van der Waals surface area contributed by atoms with Crippen LogP contribution in [0.2, 0.25) is 0 Å². The van der Waals surface area contributed by atoms with Gasteiger partial charge in [0, 0.05) is 17.9 Å². The average molecular weight is 553 g/mol. The number of benzene rings is 1. The Morgan fingerprint density at radius 1 is 1.05 bits per heavy atom. The maximum atomic E-state index is 13.7. The monoisotopic (exact) mass is 552 g/mol. The van der Waals surface area contributed by atoms with E-state index in [1.165, 1.54) is 67.7 Å². The van der Waals surface area contributed by atoms with Crippen LogP contribution < -0.4 is 0 Å². The Bertz CT molecular complexity index is 995. The quantitative estimate of drug-likeness (QED) is 0.229. The van der Waals surface area contributed by atoms with Gasteiger partial charge >= 0.3 is 0 Å². The number of aryl methyl sites for hydroxylation is 1. The van der Waals surface area contributed by atoms with Crippen LogP contribution in [0.4, 0.5) is 0 Å². The molecule has 2 aliphatic rings. The Morgan fingerprint density at radius 2 is 1.68 bits per heavy atom. The summed E-state index contributed by atoms with van der Waals surface area (Å²) in [6, 6.07) is 2.43. The van der Waals surface area contributed by atoms with Gasteiger partial charge in [-0.05, 0) is 104 Å². The zero-order chi connectivity index (χ0) is 30.0. The second-order valence-corrected chi connectivity index (χ2v) is 13.8. The van der Waals surface area contributed by atoms with Crippen LogP contribution >= 0.6 is 0 Å². The molecule has 1 aromatic rings. The van der Waals surface area contributed by atoms with Gasteiger partial charge in [0.05, 0.1) is 6.42 Å². The molecule has 0 saturated heterocycles. The fourth-order valence-electron chi connectivity index (χ4n) is 7.58. The predicted octanol–water partition coefficient (Wildman–Crippen LogP) is 10.2. The molecule has 0 aliphatic heterocycles. The molecule has 1 aromatic carbocycles. The van der Waals surface area contributed by atoms with Crippen molar-refractivity contribution in [2.45, 2.75) is 158 Å². The number of hydrogen-bond donors (Lipinski definition) is 0. The third-order valence-corrected chi connectivity index (χ3v) is 9.65. The van der Waals surface area contributed by atoms with Crippen molar-refractivity contribution >= 4 is 17.3 Å². The number of rotatable bonds is 13. The van der Waals surface area contributed by atoms with E-state index >= 15 is 0 Å². The summed E-state index contributed by atoms with van der Waals surface area (Å²) in [4.78, 5) is 38.3. The van der Waals surface area contributed by atoms with E-state index in [2.05, 4.69) is 61.5 Å². The third kappa shape index (κ3) is 9.12. The van der Waals surface area contributed by atoms with Crippen LogP contribution in [0.25, 0.3) is 0 Å². The lowest BCUT2D eigenvalue weighted by molar-refractivity contribution is -0.129. The van der Waals surface area contributed by atoms with E-state index < -0.39 is 0 Å². The summed E-state index contributed by atoms with van der Waals surface area (Å²) in [7, 11) is 0. The van der Waals surface area contributed by atoms with Crippen molar-refractivity contribution < 1.29 is 14.4 Å². The Kier molecular flexibility index (Phi) is 13.8. The van der Waals surface area contributed by atoms with E-state index in [0.717, 1.165) is 44.1 Å². The molecule has 2 aliphatic carbocycles. The summed E-state index contributed by atoms with van der Waals surface area (Å²) < 4.78 is 0. The van der Waals surface area contributed by atoms with Gasteiger partial charge in [-0.25, -0.2) is 0 Å². The van der Waals surface area contributed by atoms with Crippen LogP contribution in [0.1, 0.15) is 171 Å². The topological polar surface area (TPSA) is 51.2 Å². The highest BCUT2D eigenvalue weighted by atomic mass is 16.1. The van der Waals surface area contributed by atoms with Crippen LogP contribution in [0, 0.1) is 30.1 Å². The molecule has 3 rings (SSSR count). The molecule has 1 fully saturated rings. The van der Waals surface area contributed by atoms with Gasteiger partial charge in [-0.2, -0.15) is 0 Å². The zero-order valence-corrected chi connectivity index (χ0v) is 27.5. The molecule has 0 amide bonds. The second-order valence-electron chi connectivity index (χ2n) is 13.8. The highest BCUT2D eigenvalue weighted by molar-refractivity contribution is 6.01. The number of carbonyl (C=O) groups is 3. The maximum absolute atomic E-state index is 13.7. The van der Waals surface area contributed by atoms with Gasteiger partial charge in [-0.15, -0.1) is 0 Å². The Morgan fingerprint density at radius 3 is 2.20 bits per heavy atom. The minimum atomic E-state index is -0.0778. The molecule has 226 valence electrons. The lowest BCUT2D eigenvalue weighted by Crippen LogP contribution is -2.30. The molecule has 3 atom stereocenters. The van der Waals surface area contributed by atoms with Gasteiger partial charge in [0.2, 0.25) is 0 Å². The maximum Gasteiger partial charge on any atom is 0.163 e. The first-order valence-electron chi connectivity index (χ1n) is 16.6. The molecular formula is C37H60O3. The minimum Gasteiger partial charge on any atom is -0.300 e. The summed E-state index contributed by atoms with van der Waals surface area (Å²) in [5.41, 5.74) is 6.71. The van der Waals surface area contributed by atoms with Crippen LogP contribution in [-0.2, 0) is 22.4 Å². The molecule has 3 heteroatoms. The molecule has 40 heavy (non-hydrogen) atoms. The lowest BCUT2D eigenvalue weighted by Gasteiger charge is -2.34. The molecule has 0 aromatic heterocycles. The fraction of sp³-hybridized carbons (Fsp3) is 0.757. The Balaban J connectivity index is 0.00000178. The van der Waals surface area contributed by atoms with Crippen molar-refractivity contribution in [3.8, 4) is 0 Å². The normalized spacial score (nSPS) is 19.6. The van der Waals surface area contributed by atoms with E-state index in [9.17, 15) is 14.4 Å². The van der Waals surface area contributed by atoms with E-state index in [1.54, 1.807) is 0 Å². The Hall–Kier alpha value is -1.77. The van der Waals surface area contributed by atoms with Gasteiger partial charge in [0.1, 0.15) is 11.6 Å². The number of Topliss-reactive ketones (excluding diaryl/α,β-unsaturated/α-hetero) is 3. The summed E-state index contributed by atoms with van der Waals surface area (Å²) in [6.07, 6.45) is 14.2. The standard InChI is InChI=1S/C34H52O3.C3H8/c1-8-12-27(28(9-2)31(36)17-23(5)35)18-25-19-30-29(22(3)4)21-26(24(6)33(30)32(37)20-25)13-16-34(7)14-10-11-15-34;1-3-2/h21-22,25,27-28H,8-20H2,1-7H3;3H2,1-2H3. The van der Waals surface area contributed by atoms with Crippen molar-refractivity contribution in [2.75, 3.05) is 0 Å². The summed E-state index contributed by atoms with van der Waals surface area (Å²) in [6.45, 7) is 19.1. The number of fused-ring (bicyclic) bond motifs is 1. The lowest BCUT2D eigenvalue weighted by atomic mass is 9.70. The van der Waals surface area contributed by atoms with Gasteiger partial charge in [-0.3, -0.25) is 14.4 Å². The SMILES string of the molecule is CCC.CCCC(CC1CC(=O)c2c(C)c(CCC3(C)CCCC3)cc(C(C)C)c2C1)C(CC)C(=O)CC(C)=O. The van der Waals surface area contributed by atoms with Crippen molar-refractivity contribution in [2.24, 2.45) is 23.2 Å². The smallest absolute Gasteiger partial charge is 0.163 e. The van der Waals surface area contributed by atoms with Crippen LogP contribution in [0.5, 0.6) is 0 Å². The zero-order valence-electron chi connectivity index (χ0n) is 27.5. The van der Waals surface area contributed by atoms with E-state index in [4.69, 9.17) is 0 Å². The van der Waals surface area contributed by atoms with Gasteiger partial charge in [-0.1, -0.05) is 86.6 Å². The molecule has 0 bridgehead atoms.